The Morgan fingerprint density at radius 1 is 1.44 bits per heavy atom. The average molecular weight is 262 g/mol. The summed E-state index contributed by atoms with van der Waals surface area (Å²) in [4.78, 5) is 0. The molecule has 0 aliphatic rings. The predicted octanol–water partition coefficient (Wildman–Crippen LogP) is 2.45. The molecular weight excluding hydrogens is 248 g/mol. The highest BCUT2D eigenvalue weighted by Crippen LogP contribution is 2.17. The second kappa shape index (κ2) is 5.14. The molecule has 0 unspecified atom stereocenters. The lowest BCUT2D eigenvalue weighted by molar-refractivity contribution is 0.411. The Bertz CT molecular complexity index is 642. The van der Waals surface area contributed by atoms with Crippen LogP contribution in [0.3, 0.4) is 0 Å². The van der Waals surface area contributed by atoms with Gasteiger partial charge < -0.3 is 4.74 Å². The number of H-pyrrole nitrogens is 1. The fourth-order valence-corrected chi connectivity index (χ4v) is 1.84. The third kappa shape index (κ3) is 2.48. The largest absolute Gasteiger partial charge is 0.496 e. The molecule has 6 heteroatoms. The van der Waals surface area contributed by atoms with Crippen LogP contribution in [0, 0.1) is 18.6 Å². The van der Waals surface area contributed by atoms with Crippen molar-refractivity contribution in [3.63, 3.8) is 0 Å². The van der Waals surface area contributed by atoms with Crippen molar-refractivity contribution in [1.82, 2.24) is 14.9 Å². The smallest absolute Gasteiger partial charge is 0.216 e. The van der Waals surface area contributed by atoms with E-state index < -0.39 is 0 Å². The molecule has 0 bridgehead atoms. The van der Waals surface area contributed by atoms with Crippen molar-refractivity contribution in [3.05, 3.63) is 39.9 Å². The van der Waals surface area contributed by atoms with Gasteiger partial charge in [-0.05, 0) is 55.4 Å². The van der Waals surface area contributed by atoms with Crippen LogP contribution >= 0.6 is 12.2 Å². The topological polar surface area (TPSA) is 55.2 Å². The summed E-state index contributed by atoms with van der Waals surface area (Å²) < 4.78 is 7.27. The van der Waals surface area contributed by atoms with E-state index in [1.165, 1.54) is 0 Å². The second-order valence-electron chi connectivity index (χ2n) is 3.86. The van der Waals surface area contributed by atoms with Gasteiger partial charge in [0.15, 0.2) is 0 Å². The van der Waals surface area contributed by atoms with E-state index in [0.717, 1.165) is 22.7 Å². The van der Waals surface area contributed by atoms with Gasteiger partial charge >= 0.3 is 0 Å². The molecule has 94 valence electrons. The van der Waals surface area contributed by atoms with Crippen LogP contribution in [0.2, 0.25) is 0 Å². The van der Waals surface area contributed by atoms with Gasteiger partial charge in [0.05, 0.1) is 13.3 Å². The molecule has 0 aliphatic carbocycles. The van der Waals surface area contributed by atoms with Gasteiger partial charge in [-0.25, -0.2) is 0 Å². The molecule has 18 heavy (non-hydrogen) atoms. The van der Waals surface area contributed by atoms with Crippen LogP contribution in [-0.2, 0) is 0 Å². The molecule has 0 fully saturated rings. The van der Waals surface area contributed by atoms with E-state index in [2.05, 4.69) is 15.3 Å². The molecule has 1 N–H and O–H groups in total. The van der Waals surface area contributed by atoms with Crippen LogP contribution in [0.15, 0.2) is 23.3 Å². The van der Waals surface area contributed by atoms with Gasteiger partial charge in [-0.3, -0.25) is 5.10 Å². The monoisotopic (exact) mass is 262 g/mol. The molecule has 1 aromatic carbocycles. The zero-order chi connectivity index (χ0) is 13.1. The molecule has 1 heterocycles. The van der Waals surface area contributed by atoms with Crippen LogP contribution < -0.4 is 4.74 Å². The number of hydrogen-bond acceptors (Lipinski definition) is 4. The molecule has 0 saturated carbocycles. The van der Waals surface area contributed by atoms with Gasteiger partial charge in [-0.1, -0.05) is 0 Å². The lowest BCUT2D eigenvalue weighted by Crippen LogP contribution is -1.94. The molecule has 0 saturated heterocycles. The van der Waals surface area contributed by atoms with Crippen LogP contribution in [0.4, 0.5) is 0 Å². The number of aromatic nitrogens is 3. The first-order chi connectivity index (χ1) is 8.61. The maximum atomic E-state index is 5.21. The van der Waals surface area contributed by atoms with Gasteiger partial charge in [0, 0.05) is 0 Å². The molecule has 0 amide bonds. The van der Waals surface area contributed by atoms with E-state index in [4.69, 9.17) is 17.0 Å². The molecule has 0 spiro atoms. The minimum absolute atomic E-state index is 0.481. The fraction of sp³-hybridized carbons (Fsp3) is 0.250. The molecular formula is C12H14N4OS. The number of aryl methyl sites for hydroxylation is 2. The Labute approximate surface area is 110 Å². The quantitative estimate of drug-likeness (QED) is 0.683. The Morgan fingerprint density at radius 3 is 2.78 bits per heavy atom. The first-order valence-electron chi connectivity index (χ1n) is 5.45. The van der Waals surface area contributed by atoms with E-state index >= 15 is 0 Å². The van der Waals surface area contributed by atoms with Gasteiger partial charge in [0.1, 0.15) is 11.6 Å². The van der Waals surface area contributed by atoms with Crippen LogP contribution in [-0.4, -0.2) is 28.2 Å². The third-order valence-electron chi connectivity index (χ3n) is 2.55. The summed E-state index contributed by atoms with van der Waals surface area (Å²) in [7, 11) is 1.66. The van der Waals surface area contributed by atoms with Gasteiger partial charge in [0.25, 0.3) is 0 Å². The second-order valence-corrected chi connectivity index (χ2v) is 4.25. The number of hydrogen-bond donors (Lipinski definition) is 1. The number of benzene rings is 1. The van der Waals surface area contributed by atoms with E-state index in [1.807, 2.05) is 32.0 Å². The first kappa shape index (κ1) is 12.5. The normalized spacial score (nSPS) is 11.1. The van der Waals surface area contributed by atoms with Gasteiger partial charge in [0.2, 0.25) is 4.77 Å². The lowest BCUT2D eigenvalue weighted by atomic mass is 10.1. The summed E-state index contributed by atoms with van der Waals surface area (Å²) in [5, 5.41) is 11.0. The number of nitrogens with one attached hydrogen (secondary N) is 1. The zero-order valence-corrected chi connectivity index (χ0v) is 11.3. The first-order valence-corrected chi connectivity index (χ1v) is 5.85. The summed E-state index contributed by atoms with van der Waals surface area (Å²) in [5.74, 6) is 1.59. The van der Waals surface area contributed by atoms with E-state index in [9.17, 15) is 0 Å². The van der Waals surface area contributed by atoms with Crippen LogP contribution in [0.1, 0.15) is 17.0 Å². The number of ether oxygens (including phenoxy) is 1. The molecule has 0 aliphatic heterocycles. The van der Waals surface area contributed by atoms with Crippen molar-refractivity contribution in [1.29, 1.82) is 0 Å². The van der Waals surface area contributed by atoms with Crippen LogP contribution in [0.5, 0.6) is 5.75 Å². The maximum absolute atomic E-state index is 5.21. The van der Waals surface area contributed by atoms with Gasteiger partial charge in [-0.15, -0.1) is 0 Å². The van der Waals surface area contributed by atoms with Crippen molar-refractivity contribution in [3.8, 4) is 5.75 Å². The predicted molar refractivity (Wildman–Crippen MR) is 72.9 cm³/mol. The van der Waals surface area contributed by atoms with Crippen molar-refractivity contribution in [2.45, 2.75) is 13.8 Å². The molecule has 0 atom stereocenters. The zero-order valence-electron chi connectivity index (χ0n) is 10.5. The Morgan fingerprint density at radius 2 is 2.22 bits per heavy atom. The standard InChI is InChI=1S/C12H14N4OS/c1-8-6-10(4-5-11(8)17-3)7-13-16-9(2)14-15-12(16)18/h4-7H,1-3H3,(H,15,18)/b13-7-. The Hall–Kier alpha value is -1.95. The van der Waals surface area contributed by atoms with Crippen molar-refractivity contribution < 1.29 is 4.74 Å². The third-order valence-corrected chi connectivity index (χ3v) is 2.82. The highest BCUT2D eigenvalue weighted by Gasteiger charge is 1.99. The minimum Gasteiger partial charge on any atom is -0.496 e. The molecule has 2 aromatic rings. The number of methoxy groups -OCH3 is 1. The molecule has 2 rings (SSSR count). The van der Waals surface area contributed by atoms with E-state index in [1.54, 1.807) is 18.0 Å². The van der Waals surface area contributed by atoms with Gasteiger partial charge in [-0.2, -0.15) is 14.9 Å². The Balaban J connectivity index is 2.30. The summed E-state index contributed by atoms with van der Waals surface area (Å²) in [5.41, 5.74) is 2.05. The number of aromatic amines is 1. The summed E-state index contributed by atoms with van der Waals surface area (Å²) in [6, 6.07) is 5.86. The van der Waals surface area contributed by atoms with Crippen molar-refractivity contribution >= 4 is 18.4 Å². The molecule has 5 nitrogen and oxygen atoms in total. The fourth-order valence-electron chi connectivity index (χ4n) is 1.61. The molecule has 1 aromatic heterocycles. The minimum atomic E-state index is 0.481. The number of nitrogens with zero attached hydrogens (tertiary/aromatic N) is 3. The summed E-state index contributed by atoms with van der Waals surface area (Å²) in [6.45, 7) is 3.83. The van der Waals surface area contributed by atoms with E-state index in [-0.39, 0.29) is 0 Å². The Kier molecular flexibility index (Phi) is 3.57. The highest BCUT2D eigenvalue weighted by atomic mass is 32.1. The molecule has 0 radical (unpaired) electrons. The van der Waals surface area contributed by atoms with Crippen molar-refractivity contribution in [2.75, 3.05) is 7.11 Å². The highest BCUT2D eigenvalue weighted by molar-refractivity contribution is 7.71. The lowest BCUT2D eigenvalue weighted by Gasteiger charge is -2.04. The van der Waals surface area contributed by atoms with E-state index in [0.29, 0.717) is 4.77 Å². The summed E-state index contributed by atoms with van der Waals surface area (Å²) >= 11 is 5.06. The SMILES string of the molecule is COc1ccc(/C=N\n2c(C)n[nH]c2=S)cc1C. The van der Waals surface area contributed by atoms with Crippen molar-refractivity contribution in [2.24, 2.45) is 5.10 Å². The maximum Gasteiger partial charge on any atom is 0.216 e. The van der Waals surface area contributed by atoms with Crippen LogP contribution in [0.25, 0.3) is 0 Å². The summed E-state index contributed by atoms with van der Waals surface area (Å²) in [6.07, 6.45) is 1.74. The average Bonchev–Trinajstić information content (AvgIpc) is 2.67. The number of rotatable bonds is 3.